The summed E-state index contributed by atoms with van der Waals surface area (Å²) in [4.78, 5) is 7.47. The number of hydrogen-bond donors (Lipinski definition) is 1. The summed E-state index contributed by atoms with van der Waals surface area (Å²) in [5.74, 6) is 0. The van der Waals surface area contributed by atoms with Crippen LogP contribution in [0.1, 0.15) is 24.4 Å². The number of rotatable bonds is 5. The first-order chi connectivity index (χ1) is 13.9. The van der Waals surface area contributed by atoms with Crippen molar-refractivity contribution in [2.24, 2.45) is 0 Å². The number of fused-ring (bicyclic) bond motifs is 2. The fraction of sp³-hybridized carbons (Fsp3) is 0.240. The highest BCUT2D eigenvalue weighted by atomic mass is 15.2. The maximum atomic E-state index is 4.85. The average Bonchev–Trinajstić information content (AvgIpc) is 3.28. The van der Waals surface area contributed by atoms with Crippen molar-refractivity contribution in [3.05, 3.63) is 84.4 Å². The van der Waals surface area contributed by atoms with E-state index in [4.69, 9.17) is 4.98 Å². The van der Waals surface area contributed by atoms with Crippen molar-refractivity contribution in [2.75, 3.05) is 25.0 Å². The molecule has 1 aliphatic heterocycles. The summed E-state index contributed by atoms with van der Waals surface area (Å²) in [5.41, 5.74) is 4.67. The predicted octanol–water partition coefficient (Wildman–Crippen LogP) is 5.64. The lowest BCUT2D eigenvalue weighted by atomic mass is 10.0. The Morgan fingerprint density at radius 2 is 1.32 bits per heavy atom. The smallest absolute Gasteiger partial charge is 0.0730 e. The Balaban J connectivity index is 1.54. The summed E-state index contributed by atoms with van der Waals surface area (Å²) in [6.45, 7) is 3.25. The Morgan fingerprint density at radius 3 is 1.96 bits per heavy atom. The normalized spacial score (nSPS) is 15.9. The van der Waals surface area contributed by atoms with Crippen LogP contribution >= 0.6 is 0 Å². The van der Waals surface area contributed by atoms with Gasteiger partial charge in [-0.15, -0.1) is 0 Å². The van der Waals surface area contributed by atoms with Crippen molar-refractivity contribution < 1.29 is 0 Å². The largest absolute Gasteiger partial charge is 0.382 e. The van der Waals surface area contributed by atoms with Gasteiger partial charge in [0.05, 0.1) is 22.8 Å². The summed E-state index contributed by atoms with van der Waals surface area (Å²) in [5, 5.41) is 6.20. The molecule has 2 heterocycles. The van der Waals surface area contributed by atoms with Gasteiger partial charge in [-0.2, -0.15) is 0 Å². The third kappa shape index (κ3) is 3.23. The minimum absolute atomic E-state index is 0.384. The van der Waals surface area contributed by atoms with Crippen LogP contribution in [-0.2, 0) is 0 Å². The Hall–Kier alpha value is -2.91. The van der Waals surface area contributed by atoms with Crippen molar-refractivity contribution in [1.82, 2.24) is 9.88 Å². The Morgan fingerprint density at radius 1 is 0.750 bits per heavy atom. The molecule has 4 aromatic rings. The van der Waals surface area contributed by atoms with Crippen LogP contribution in [0, 0.1) is 0 Å². The van der Waals surface area contributed by atoms with Crippen molar-refractivity contribution in [2.45, 2.75) is 18.9 Å². The van der Waals surface area contributed by atoms with Gasteiger partial charge in [0.2, 0.25) is 0 Å². The second kappa shape index (κ2) is 7.61. The molecule has 0 aliphatic carbocycles. The first kappa shape index (κ1) is 17.2. The predicted molar refractivity (Wildman–Crippen MR) is 118 cm³/mol. The van der Waals surface area contributed by atoms with Crippen LogP contribution in [0.5, 0.6) is 0 Å². The minimum Gasteiger partial charge on any atom is -0.382 e. The molecule has 1 fully saturated rings. The Bertz CT molecular complexity index is 1030. The van der Waals surface area contributed by atoms with Gasteiger partial charge < -0.3 is 5.32 Å². The molecule has 1 N–H and O–H groups in total. The third-order valence-corrected chi connectivity index (χ3v) is 5.83. The lowest BCUT2D eigenvalue weighted by molar-refractivity contribution is 0.256. The van der Waals surface area contributed by atoms with Crippen molar-refractivity contribution in [3.8, 4) is 0 Å². The highest BCUT2D eigenvalue weighted by molar-refractivity contribution is 6.07. The monoisotopic (exact) mass is 367 g/mol. The van der Waals surface area contributed by atoms with Gasteiger partial charge in [-0.25, -0.2) is 4.98 Å². The highest BCUT2D eigenvalue weighted by Crippen LogP contribution is 2.32. The molecule has 0 amide bonds. The number of aromatic nitrogens is 1. The quantitative estimate of drug-likeness (QED) is 0.463. The van der Waals surface area contributed by atoms with E-state index in [2.05, 4.69) is 89.1 Å². The highest BCUT2D eigenvalue weighted by Gasteiger charge is 2.23. The molecular formula is C25H25N3. The maximum absolute atomic E-state index is 4.85. The van der Waals surface area contributed by atoms with E-state index >= 15 is 0 Å². The zero-order valence-corrected chi connectivity index (χ0v) is 16.0. The molecule has 28 heavy (non-hydrogen) atoms. The minimum atomic E-state index is 0.384. The number of nitrogens with one attached hydrogen (secondary N) is 1. The number of hydrogen-bond acceptors (Lipinski definition) is 3. The fourth-order valence-corrected chi connectivity index (χ4v) is 4.42. The Kier molecular flexibility index (Phi) is 4.67. The standard InChI is InChI=1S/C25H25N3/c1-2-10-19(11-3-1)24(28-16-8-9-17-28)18-26-25-20-12-4-6-14-22(20)27-23-15-7-5-13-21(23)25/h1-7,10-15,24H,8-9,16-18H2,(H,26,27). The molecule has 3 heteroatoms. The molecule has 1 atom stereocenters. The zero-order valence-electron chi connectivity index (χ0n) is 16.0. The summed E-state index contributed by atoms with van der Waals surface area (Å²) in [6, 6.07) is 28.1. The summed E-state index contributed by atoms with van der Waals surface area (Å²) in [6.07, 6.45) is 2.59. The molecule has 0 saturated carbocycles. The molecule has 140 valence electrons. The molecule has 1 unspecified atom stereocenters. The average molecular weight is 367 g/mol. The van der Waals surface area contributed by atoms with E-state index in [0.717, 1.165) is 17.6 Å². The first-order valence-corrected chi connectivity index (χ1v) is 10.2. The van der Waals surface area contributed by atoms with Crippen molar-refractivity contribution >= 4 is 27.5 Å². The fourth-order valence-electron chi connectivity index (χ4n) is 4.42. The molecule has 3 nitrogen and oxygen atoms in total. The van der Waals surface area contributed by atoms with Crippen LogP contribution in [-0.4, -0.2) is 29.5 Å². The van der Waals surface area contributed by atoms with Crippen molar-refractivity contribution in [1.29, 1.82) is 0 Å². The lowest BCUT2D eigenvalue weighted by Crippen LogP contribution is -2.31. The molecule has 5 rings (SSSR count). The van der Waals surface area contributed by atoms with Gasteiger partial charge in [0.1, 0.15) is 0 Å². The molecule has 0 radical (unpaired) electrons. The van der Waals surface area contributed by atoms with E-state index < -0.39 is 0 Å². The number of benzene rings is 3. The van der Waals surface area contributed by atoms with Gasteiger partial charge in [0, 0.05) is 17.3 Å². The maximum Gasteiger partial charge on any atom is 0.0730 e. The topological polar surface area (TPSA) is 28.2 Å². The van der Waals surface area contributed by atoms with E-state index in [9.17, 15) is 0 Å². The molecule has 1 saturated heterocycles. The molecule has 0 spiro atoms. The number of nitrogens with zero attached hydrogens (tertiary/aromatic N) is 2. The lowest BCUT2D eigenvalue weighted by Gasteiger charge is -2.29. The summed E-state index contributed by atoms with van der Waals surface area (Å²) in [7, 11) is 0. The molecule has 1 aliphatic rings. The zero-order chi connectivity index (χ0) is 18.8. The van der Waals surface area contributed by atoms with Gasteiger partial charge >= 0.3 is 0 Å². The SMILES string of the molecule is c1ccc(C(CNc2c3ccccc3nc3ccccc23)N2CCCC2)cc1. The van der Waals surface area contributed by atoms with Crippen LogP contribution in [0.3, 0.4) is 0 Å². The van der Waals surface area contributed by atoms with Gasteiger partial charge in [-0.3, -0.25) is 4.90 Å². The molecular weight excluding hydrogens is 342 g/mol. The van der Waals surface area contributed by atoms with E-state index in [1.54, 1.807) is 0 Å². The third-order valence-electron chi connectivity index (χ3n) is 5.83. The molecule has 0 bridgehead atoms. The van der Waals surface area contributed by atoms with Gasteiger partial charge in [0.15, 0.2) is 0 Å². The van der Waals surface area contributed by atoms with E-state index in [1.807, 2.05) is 0 Å². The van der Waals surface area contributed by atoms with Gasteiger partial charge in [0.25, 0.3) is 0 Å². The van der Waals surface area contributed by atoms with Gasteiger partial charge in [-0.05, 0) is 43.6 Å². The van der Waals surface area contributed by atoms with Crippen molar-refractivity contribution in [3.63, 3.8) is 0 Å². The van der Waals surface area contributed by atoms with E-state index in [0.29, 0.717) is 6.04 Å². The van der Waals surface area contributed by atoms with Crippen LogP contribution in [0.25, 0.3) is 21.8 Å². The second-order valence-corrected chi connectivity index (χ2v) is 7.57. The van der Waals surface area contributed by atoms with Crippen LogP contribution in [0.2, 0.25) is 0 Å². The Labute approximate surface area is 166 Å². The number of likely N-dealkylation sites (tertiary alicyclic amines) is 1. The first-order valence-electron chi connectivity index (χ1n) is 10.2. The number of anilines is 1. The molecule has 1 aromatic heterocycles. The van der Waals surface area contributed by atoms with Crippen LogP contribution in [0.4, 0.5) is 5.69 Å². The second-order valence-electron chi connectivity index (χ2n) is 7.57. The molecule has 3 aromatic carbocycles. The van der Waals surface area contributed by atoms with E-state index in [-0.39, 0.29) is 0 Å². The summed E-state index contributed by atoms with van der Waals surface area (Å²) < 4.78 is 0. The van der Waals surface area contributed by atoms with Crippen LogP contribution in [0.15, 0.2) is 78.9 Å². The number of pyridine rings is 1. The van der Waals surface area contributed by atoms with E-state index in [1.165, 1.54) is 48.0 Å². The summed E-state index contributed by atoms with van der Waals surface area (Å²) >= 11 is 0. The number of para-hydroxylation sites is 2. The van der Waals surface area contributed by atoms with Gasteiger partial charge in [-0.1, -0.05) is 66.7 Å². The van der Waals surface area contributed by atoms with Crippen LogP contribution < -0.4 is 5.32 Å².